The Balaban J connectivity index is 1.88. The van der Waals surface area contributed by atoms with Crippen molar-refractivity contribution in [1.82, 2.24) is 4.90 Å². The van der Waals surface area contributed by atoms with Crippen LogP contribution in [0.2, 0.25) is 0 Å². The predicted molar refractivity (Wildman–Crippen MR) is 63.7 cm³/mol. The van der Waals surface area contributed by atoms with Crippen LogP contribution in [0.15, 0.2) is 0 Å². The summed E-state index contributed by atoms with van der Waals surface area (Å²) < 4.78 is 45.5. The fourth-order valence-corrected chi connectivity index (χ4v) is 2.57. The van der Waals surface area contributed by atoms with Gasteiger partial charge in [0.15, 0.2) is 0 Å². The summed E-state index contributed by atoms with van der Waals surface area (Å²) in [5, 5.41) is 0. The largest absolute Gasteiger partial charge is 0.378 e. The molecule has 2 nitrogen and oxygen atoms in total. The molecule has 0 N–H and O–H groups in total. The van der Waals surface area contributed by atoms with E-state index in [-0.39, 0.29) is 19.1 Å². The van der Waals surface area contributed by atoms with Crippen molar-refractivity contribution in [3.63, 3.8) is 0 Å². The van der Waals surface area contributed by atoms with Crippen LogP contribution in [0.25, 0.3) is 0 Å². The summed E-state index contributed by atoms with van der Waals surface area (Å²) >= 11 is 0. The van der Waals surface area contributed by atoms with E-state index in [1.807, 2.05) is 18.7 Å². The lowest BCUT2D eigenvalue weighted by atomic mass is 10.0. The van der Waals surface area contributed by atoms with E-state index in [0.717, 1.165) is 0 Å². The highest BCUT2D eigenvalue weighted by molar-refractivity contribution is 5.12. The molecular formula is C13H22F3NO. The third-order valence-corrected chi connectivity index (χ3v) is 3.95. The highest BCUT2D eigenvalue weighted by Gasteiger charge is 2.71. The first-order chi connectivity index (χ1) is 8.35. The number of hydrogen-bond acceptors (Lipinski definition) is 2. The number of halogens is 3. The number of piperidine rings is 1. The molecule has 0 bridgehead atoms. The second-order valence-corrected chi connectivity index (χ2v) is 5.97. The van der Waals surface area contributed by atoms with E-state index in [0.29, 0.717) is 32.5 Å². The van der Waals surface area contributed by atoms with E-state index < -0.39 is 17.5 Å². The van der Waals surface area contributed by atoms with Crippen LogP contribution in [-0.4, -0.2) is 49.3 Å². The van der Waals surface area contributed by atoms with E-state index in [2.05, 4.69) is 0 Å². The standard InChI is InChI=1S/C13H22F3NO/c1-10(2)18-9-12(7-13(12,15)16)8-17-5-3-11(14)4-6-17/h10-11H,3-9H2,1-2H3. The van der Waals surface area contributed by atoms with Crippen molar-refractivity contribution in [2.24, 2.45) is 5.41 Å². The molecule has 1 aliphatic heterocycles. The van der Waals surface area contributed by atoms with Crippen LogP contribution < -0.4 is 0 Å². The van der Waals surface area contributed by atoms with Gasteiger partial charge in [0.05, 0.1) is 18.1 Å². The van der Waals surface area contributed by atoms with Crippen LogP contribution >= 0.6 is 0 Å². The third kappa shape index (κ3) is 2.99. The van der Waals surface area contributed by atoms with Crippen molar-refractivity contribution in [3.05, 3.63) is 0 Å². The van der Waals surface area contributed by atoms with Crippen molar-refractivity contribution in [3.8, 4) is 0 Å². The molecule has 1 saturated heterocycles. The van der Waals surface area contributed by atoms with Crippen molar-refractivity contribution in [2.45, 2.75) is 51.3 Å². The first-order valence-electron chi connectivity index (χ1n) is 6.70. The van der Waals surface area contributed by atoms with Gasteiger partial charge in [-0.25, -0.2) is 13.2 Å². The van der Waals surface area contributed by atoms with Crippen LogP contribution in [0, 0.1) is 5.41 Å². The van der Waals surface area contributed by atoms with E-state index in [9.17, 15) is 13.2 Å². The van der Waals surface area contributed by atoms with E-state index >= 15 is 0 Å². The molecule has 0 aromatic carbocycles. The highest BCUT2D eigenvalue weighted by Crippen LogP contribution is 2.61. The van der Waals surface area contributed by atoms with Gasteiger partial charge in [-0.3, -0.25) is 0 Å². The smallest absolute Gasteiger partial charge is 0.258 e. The zero-order valence-electron chi connectivity index (χ0n) is 11.1. The molecule has 5 heteroatoms. The van der Waals surface area contributed by atoms with Crippen LogP contribution in [0.5, 0.6) is 0 Å². The predicted octanol–water partition coefficient (Wildman–Crippen LogP) is 2.87. The first kappa shape index (κ1) is 14.1. The monoisotopic (exact) mass is 265 g/mol. The molecule has 0 amide bonds. The molecule has 1 saturated carbocycles. The zero-order chi connectivity index (χ0) is 13.4. The molecular weight excluding hydrogens is 243 g/mol. The molecule has 1 atom stereocenters. The summed E-state index contributed by atoms with van der Waals surface area (Å²) in [4.78, 5) is 1.96. The minimum atomic E-state index is -2.62. The second-order valence-electron chi connectivity index (χ2n) is 5.97. The van der Waals surface area contributed by atoms with Crippen LogP contribution in [0.3, 0.4) is 0 Å². The normalized spacial score (nSPS) is 33.0. The van der Waals surface area contributed by atoms with Crippen LogP contribution in [0.4, 0.5) is 13.2 Å². The fraction of sp³-hybridized carbons (Fsp3) is 1.00. The molecule has 0 aromatic heterocycles. The van der Waals surface area contributed by atoms with Gasteiger partial charge >= 0.3 is 0 Å². The van der Waals surface area contributed by atoms with Crippen molar-refractivity contribution in [2.75, 3.05) is 26.2 Å². The number of alkyl halides is 3. The van der Waals surface area contributed by atoms with Gasteiger partial charge in [0.25, 0.3) is 5.92 Å². The topological polar surface area (TPSA) is 12.5 Å². The van der Waals surface area contributed by atoms with Gasteiger partial charge in [-0.1, -0.05) is 0 Å². The minimum absolute atomic E-state index is 0.0325. The maximum atomic E-state index is 13.6. The quantitative estimate of drug-likeness (QED) is 0.758. The van der Waals surface area contributed by atoms with Gasteiger partial charge in [0, 0.05) is 26.1 Å². The fourth-order valence-electron chi connectivity index (χ4n) is 2.57. The van der Waals surface area contributed by atoms with Gasteiger partial charge in [0.1, 0.15) is 6.17 Å². The van der Waals surface area contributed by atoms with Crippen molar-refractivity contribution in [1.29, 1.82) is 0 Å². The van der Waals surface area contributed by atoms with E-state index in [4.69, 9.17) is 4.74 Å². The third-order valence-electron chi connectivity index (χ3n) is 3.95. The Labute approximate surface area is 106 Å². The number of nitrogens with zero attached hydrogens (tertiary/aromatic N) is 1. The molecule has 1 unspecified atom stereocenters. The maximum absolute atomic E-state index is 13.6. The number of hydrogen-bond donors (Lipinski definition) is 0. The summed E-state index contributed by atoms with van der Waals surface area (Å²) in [6, 6.07) is 0. The van der Waals surface area contributed by atoms with Gasteiger partial charge in [-0.2, -0.15) is 0 Å². The van der Waals surface area contributed by atoms with Crippen molar-refractivity contribution < 1.29 is 17.9 Å². The molecule has 2 rings (SSSR count). The minimum Gasteiger partial charge on any atom is -0.378 e. The zero-order valence-corrected chi connectivity index (χ0v) is 11.1. The lowest BCUT2D eigenvalue weighted by molar-refractivity contribution is -0.0289. The van der Waals surface area contributed by atoms with Gasteiger partial charge < -0.3 is 9.64 Å². The molecule has 18 heavy (non-hydrogen) atoms. The average Bonchev–Trinajstić information content (AvgIpc) is 2.82. The number of rotatable bonds is 5. The molecule has 2 fully saturated rings. The maximum Gasteiger partial charge on any atom is 0.258 e. The molecule has 0 aromatic rings. The van der Waals surface area contributed by atoms with Gasteiger partial charge in [0.2, 0.25) is 0 Å². The summed E-state index contributed by atoms with van der Waals surface area (Å²) in [5.74, 6) is -2.62. The summed E-state index contributed by atoms with van der Waals surface area (Å²) in [6.45, 7) is 5.31. The SMILES string of the molecule is CC(C)OCC1(CN2CCC(F)CC2)CC1(F)F. The van der Waals surface area contributed by atoms with E-state index in [1.54, 1.807) is 0 Å². The molecule has 1 aliphatic carbocycles. The Morgan fingerprint density at radius 3 is 2.28 bits per heavy atom. The number of ether oxygens (including phenoxy) is 1. The molecule has 0 spiro atoms. The lowest BCUT2D eigenvalue weighted by Crippen LogP contribution is -2.41. The number of likely N-dealkylation sites (tertiary alicyclic amines) is 1. The summed E-state index contributed by atoms with van der Waals surface area (Å²) in [6.07, 6.45) is 0.0421. The van der Waals surface area contributed by atoms with Gasteiger partial charge in [-0.15, -0.1) is 0 Å². The summed E-state index contributed by atoms with van der Waals surface area (Å²) in [7, 11) is 0. The van der Waals surface area contributed by atoms with Crippen molar-refractivity contribution >= 4 is 0 Å². The molecule has 1 heterocycles. The molecule has 106 valence electrons. The average molecular weight is 265 g/mol. The molecule has 0 radical (unpaired) electrons. The molecule has 2 aliphatic rings. The Kier molecular flexibility index (Phi) is 3.93. The summed E-state index contributed by atoms with van der Waals surface area (Å²) in [5.41, 5.74) is -1.03. The first-order valence-corrected chi connectivity index (χ1v) is 6.70. The second kappa shape index (κ2) is 5.00. The Bertz CT molecular complexity index is 290. The Hall–Kier alpha value is -0.290. The van der Waals surface area contributed by atoms with E-state index in [1.165, 1.54) is 0 Å². The van der Waals surface area contributed by atoms with Gasteiger partial charge in [-0.05, 0) is 26.7 Å². The van der Waals surface area contributed by atoms with Crippen LogP contribution in [0.1, 0.15) is 33.1 Å². The Morgan fingerprint density at radius 1 is 1.28 bits per heavy atom. The van der Waals surface area contributed by atoms with Crippen LogP contribution in [-0.2, 0) is 4.74 Å². The Morgan fingerprint density at radius 2 is 1.83 bits per heavy atom. The highest BCUT2D eigenvalue weighted by atomic mass is 19.3. The lowest BCUT2D eigenvalue weighted by Gasteiger charge is -2.32.